The molecule has 1 aromatic rings. The standard InChI is InChI=1S/C17H19NO3/c1-11(6-7-15(19)20)18-16(21)14-10-17(14)9-8-12-4-2-3-5-13(12)17/h2-7,11,14H,8-10H2,1H3,(H,18,21)(H,19,20)/b7-6+. The molecule has 3 unspecified atom stereocenters. The molecule has 1 amide bonds. The molecule has 1 spiro atoms. The molecule has 1 fully saturated rings. The fourth-order valence-electron chi connectivity index (χ4n) is 3.54. The van der Waals surface area contributed by atoms with Crippen molar-refractivity contribution in [1.29, 1.82) is 0 Å². The minimum absolute atomic E-state index is 0.0295. The van der Waals surface area contributed by atoms with Crippen molar-refractivity contribution in [3.63, 3.8) is 0 Å². The first-order chi connectivity index (χ1) is 10.0. The number of fused-ring (bicyclic) bond motifs is 2. The molecule has 2 aliphatic carbocycles. The van der Waals surface area contributed by atoms with Gasteiger partial charge in [-0.1, -0.05) is 30.3 Å². The summed E-state index contributed by atoms with van der Waals surface area (Å²) in [4.78, 5) is 22.8. The maximum absolute atomic E-state index is 12.3. The monoisotopic (exact) mass is 285 g/mol. The highest BCUT2D eigenvalue weighted by atomic mass is 16.4. The summed E-state index contributed by atoms with van der Waals surface area (Å²) in [6.45, 7) is 1.79. The van der Waals surface area contributed by atoms with Crippen molar-refractivity contribution < 1.29 is 14.7 Å². The van der Waals surface area contributed by atoms with Gasteiger partial charge in [0.2, 0.25) is 5.91 Å². The molecule has 3 rings (SSSR count). The summed E-state index contributed by atoms with van der Waals surface area (Å²) in [6.07, 6.45) is 5.57. The molecule has 1 saturated carbocycles. The Kier molecular flexibility index (Phi) is 3.32. The van der Waals surface area contributed by atoms with Crippen molar-refractivity contribution >= 4 is 11.9 Å². The van der Waals surface area contributed by atoms with Crippen LogP contribution in [-0.2, 0) is 21.4 Å². The topological polar surface area (TPSA) is 66.4 Å². The van der Waals surface area contributed by atoms with E-state index in [1.54, 1.807) is 6.92 Å². The van der Waals surface area contributed by atoms with Gasteiger partial charge < -0.3 is 10.4 Å². The summed E-state index contributed by atoms with van der Waals surface area (Å²) in [6, 6.07) is 8.12. The molecule has 0 bridgehead atoms. The minimum Gasteiger partial charge on any atom is -0.478 e. The number of amides is 1. The van der Waals surface area contributed by atoms with Crippen LogP contribution in [0.25, 0.3) is 0 Å². The van der Waals surface area contributed by atoms with Crippen LogP contribution in [0, 0.1) is 5.92 Å². The van der Waals surface area contributed by atoms with Crippen LogP contribution >= 0.6 is 0 Å². The van der Waals surface area contributed by atoms with E-state index in [4.69, 9.17) is 5.11 Å². The third kappa shape index (κ3) is 2.46. The van der Waals surface area contributed by atoms with Gasteiger partial charge >= 0.3 is 5.97 Å². The largest absolute Gasteiger partial charge is 0.478 e. The van der Waals surface area contributed by atoms with E-state index in [2.05, 4.69) is 17.4 Å². The highest BCUT2D eigenvalue weighted by Gasteiger charge is 2.61. The molecule has 0 aromatic heterocycles. The zero-order valence-electron chi connectivity index (χ0n) is 12.0. The number of hydrogen-bond donors (Lipinski definition) is 2. The van der Waals surface area contributed by atoms with Gasteiger partial charge in [0.25, 0.3) is 0 Å². The molecule has 0 aliphatic heterocycles. The summed E-state index contributed by atoms with van der Waals surface area (Å²) < 4.78 is 0. The Morgan fingerprint density at radius 1 is 1.43 bits per heavy atom. The number of carbonyl (C=O) groups is 2. The number of carbonyl (C=O) groups excluding carboxylic acids is 1. The van der Waals surface area contributed by atoms with Crippen LogP contribution in [0.4, 0.5) is 0 Å². The molecule has 1 aromatic carbocycles. The molecule has 110 valence electrons. The number of benzene rings is 1. The number of aliphatic carboxylic acids is 1. The Balaban J connectivity index is 1.66. The van der Waals surface area contributed by atoms with E-state index in [-0.39, 0.29) is 23.3 Å². The minimum atomic E-state index is -0.997. The van der Waals surface area contributed by atoms with Crippen molar-refractivity contribution in [1.82, 2.24) is 5.32 Å². The predicted octanol–water partition coefficient (Wildman–Crippen LogP) is 2.04. The maximum Gasteiger partial charge on any atom is 0.328 e. The van der Waals surface area contributed by atoms with E-state index in [0.29, 0.717) is 0 Å². The Labute approximate surface area is 123 Å². The van der Waals surface area contributed by atoms with Gasteiger partial charge in [0, 0.05) is 23.5 Å². The molecule has 0 saturated heterocycles. The van der Waals surface area contributed by atoms with Crippen LogP contribution in [0.5, 0.6) is 0 Å². The Morgan fingerprint density at radius 3 is 2.95 bits per heavy atom. The lowest BCUT2D eigenvalue weighted by molar-refractivity contribution is -0.131. The van der Waals surface area contributed by atoms with Crippen molar-refractivity contribution in [2.75, 3.05) is 0 Å². The Hall–Kier alpha value is -2.10. The summed E-state index contributed by atoms with van der Waals surface area (Å²) in [5, 5.41) is 11.5. The molecule has 2 aliphatic rings. The summed E-state index contributed by atoms with van der Waals surface area (Å²) in [5.74, 6) is -0.931. The van der Waals surface area contributed by atoms with Gasteiger partial charge in [0.05, 0.1) is 0 Å². The highest BCUT2D eigenvalue weighted by molar-refractivity contribution is 5.85. The first-order valence-corrected chi connectivity index (χ1v) is 7.33. The first kappa shape index (κ1) is 13.9. The third-order valence-electron chi connectivity index (χ3n) is 4.68. The molecule has 3 atom stereocenters. The van der Waals surface area contributed by atoms with Crippen LogP contribution < -0.4 is 5.32 Å². The smallest absolute Gasteiger partial charge is 0.328 e. The lowest BCUT2D eigenvalue weighted by Crippen LogP contribution is -2.34. The quantitative estimate of drug-likeness (QED) is 0.832. The van der Waals surface area contributed by atoms with Gasteiger partial charge in [0.15, 0.2) is 0 Å². The molecule has 0 heterocycles. The fraction of sp³-hybridized carbons (Fsp3) is 0.412. The summed E-state index contributed by atoms with van der Waals surface area (Å²) >= 11 is 0. The highest BCUT2D eigenvalue weighted by Crippen LogP contribution is 2.61. The number of carboxylic acids is 1. The summed E-state index contributed by atoms with van der Waals surface area (Å²) in [5.41, 5.74) is 2.74. The third-order valence-corrected chi connectivity index (χ3v) is 4.68. The van der Waals surface area contributed by atoms with Gasteiger partial charge in [-0.05, 0) is 37.3 Å². The second kappa shape index (κ2) is 5.02. The van der Waals surface area contributed by atoms with E-state index < -0.39 is 5.97 Å². The number of aryl methyl sites for hydroxylation is 1. The molecule has 0 radical (unpaired) electrons. The maximum atomic E-state index is 12.3. The zero-order valence-corrected chi connectivity index (χ0v) is 12.0. The number of carboxylic acid groups (broad SMARTS) is 1. The Bertz CT molecular complexity index is 622. The molecule has 21 heavy (non-hydrogen) atoms. The molecular weight excluding hydrogens is 266 g/mol. The number of rotatable bonds is 4. The molecular formula is C17H19NO3. The molecule has 4 nitrogen and oxygen atoms in total. The van der Waals surface area contributed by atoms with Crippen LogP contribution in [0.2, 0.25) is 0 Å². The van der Waals surface area contributed by atoms with E-state index in [9.17, 15) is 9.59 Å². The lowest BCUT2D eigenvalue weighted by Gasteiger charge is -2.13. The van der Waals surface area contributed by atoms with Gasteiger partial charge in [-0.25, -0.2) is 4.79 Å². The van der Waals surface area contributed by atoms with Crippen LogP contribution in [0.3, 0.4) is 0 Å². The van der Waals surface area contributed by atoms with Crippen molar-refractivity contribution in [3.05, 3.63) is 47.5 Å². The van der Waals surface area contributed by atoms with Crippen LogP contribution in [0.15, 0.2) is 36.4 Å². The van der Waals surface area contributed by atoms with Gasteiger partial charge in [-0.15, -0.1) is 0 Å². The average Bonchev–Trinajstić information content (AvgIpc) is 3.07. The van der Waals surface area contributed by atoms with Gasteiger partial charge in [-0.2, -0.15) is 0 Å². The van der Waals surface area contributed by atoms with E-state index in [1.807, 2.05) is 12.1 Å². The van der Waals surface area contributed by atoms with Gasteiger partial charge in [-0.3, -0.25) is 4.79 Å². The number of nitrogens with one attached hydrogen (secondary N) is 1. The lowest BCUT2D eigenvalue weighted by atomic mass is 9.95. The second-order valence-electron chi connectivity index (χ2n) is 6.06. The van der Waals surface area contributed by atoms with Gasteiger partial charge in [0.1, 0.15) is 0 Å². The second-order valence-corrected chi connectivity index (χ2v) is 6.06. The SMILES string of the molecule is CC(/C=C/C(=O)O)NC(=O)C1CC12CCc1ccccc12. The van der Waals surface area contributed by atoms with E-state index >= 15 is 0 Å². The molecule has 4 heteroatoms. The zero-order chi connectivity index (χ0) is 15.0. The first-order valence-electron chi connectivity index (χ1n) is 7.33. The van der Waals surface area contributed by atoms with E-state index in [0.717, 1.165) is 25.3 Å². The van der Waals surface area contributed by atoms with Crippen molar-refractivity contribution in [3.8, 4) is 0 Å². The predicted molar refractivity (Wildman–Crippen MR) is 78.9 cm³/mol. The fourth-order valence-corrected chi connectivity index (χ4v) is 3.54. The summed E-state index contributed by atoms with van der Waals surface area (Å²) in [7, 11) is 0. The van der Waals surface area contributed by atoms with Crippen molar-refractivity contribution in [2.45, 2.75) is 37.6 Å². The molecule has 2 N–H and O–H groups in total. The average molecular weight is 285 g/mol. The van der Waals surface area contributed by atoms with Crippen LogP contribution in [0.1, 0.15) is 30.9 Å². The Morgan fingerprint density at radius 2 is 2.19 bits per heavy atom. The normalized spacial score (nSPS) is 27.6. The number of hydrogen-bond acceptors (Lipinski definition) is 2. The van der Waals surface area contributed by atoms with Crippen molar-refractivity contribution in [2.24, 2.45) is 5.92 Å². The van der Waals surface area contributed by atoms with E-state index in [1.165, 1.54) is 17.2 Å². The van der Waals surface area contributed by atoms with Crippen LogP contribution in [-0.4, -0.2) is 23.0 Å².